The summed E-state index contributed by atoms with van der Waals surface area (Å²) in [6.07, 6.45) is -1.31. The fourth-order valence-corrected chi connectivity index (χ4v) is 3.40. The van der Waals surface area contributed by atoms with Crippen LogP contribution in [0.5, 0.6) is 0 Å². The summed E-state index contributed by atoms with van der Waals surface area (Å²) >= 11 is 0. The van der Waals surface area contributed by atoms with Crippen molar-refractivity contribution in [2.45, 2.75) is 6.43 Å². The van der Waals surface area contributed by atoms with Gasteiger partial charge in [-0.25, -0.2) is 18.7 Å². The molecule has 8 nitrogen and oxygen atoms in total. The molecule has 0 aliphatic carbocycles. The first-order chi connectivity index (χ1) is 13.6. The van der Waals surface area contributed by atoms with Crippen molar-refractivity contribution in [3.05, 3.63) is 23.9 Å². The van der Waals surface area contributed by atoms with E-state index in [1.165, 1.54) is 12.3 Å². The number of morpholine rings is 1. The lowest BCUT2D eigenvalue weighted by atomic mass is 10.1. The zero-order valence-electron chi connectivity index (χ0n) is 15.4. The summed E-state index contributed by atoms with van der Waals surface area (Å²) < 4.78 is 32.7. The molecule has 150 valence electrons. The van der Waals surface area contributed by atoms with Gasteiger partial charge in [-0.2, -0.15) is 4.98 Å². The van der Waals surface area contributed by atoms with E-state index in [1.54, 1.807) is 6.07 Å². The molecule has 2 aromatic heterocycles. The van der Waals surface area contributed by atoms with Crippen LogP contribution in [0.1, 0.15) is 12.0 Å². The highest BCUT2D eigenvalue weighted by Crippen LogP contribution is 2.33. The SMILES string of the molecule is Nc1cc(C(F)F)c(-c2cc(N3CCOCC3)nc(N3CCNCC3)n2)cn1. The molecule has 0 saturated carbocycles. The minimum atomic E-state index is -2.68. The number of nitrogen functional groups attached to an aromatic ring is 1. The minimum absolute atomic E-state index is 0.0591. The van der Waals surface area contributed by atoms with Crippen LogP contribution < -0.4 is 20.9 Å². The highest BCUT2D eigenvalue weighted by Gasteiger charge is 2.22. The Bertz CT molecular complexity index is 787. The first kappa shape index (κ1) is 18.8. The number of anilines is 3. The van der Waals surface area contributed by atoms with E-state index in [1.807, 2.05) is 0 Å². The molecular formula is C18H23F2N7O. The lowest BCUT2D eigenvalue weighted by Gasteiger charge is -2.31. The second-order valence-corrected chi connectivity index (χ2v) is 6.74. The number of rotatable bonds is 4. The Balaban J connectivity index is 1.79. The van der Waals surface area contributed by atoms with Crippen LogP contribution >= 0.6 is 0 Å². The van der Waals surface area contributed by atoms with Crippen LogP contribution in [0.4, 0.5) is 26.4 Å². The maximum Gasteiger partial charge on any atom is 0.264 e. The van der Waals surface area contributed by atoms with Gasteiger partial charge in [0.1, 0.15) is 11.6 Å². The van der Waals surface area contributed by atoms with E-state index in [0.29, 0.717) is 43.8 Å². The maximum absolute atomic E-state index is 13.6. The number of halogens is 2. The quantitative estimate of drug-likeness (QED) is 0.806. The monoisotopic (exact) mass is 391 g/mol. The molecular weight excluding hydrogens is 368 g/mol. The van der Waals surface area contributed by atoms with Crippen LogP contribution in [0.3, 0.4) is 0 Å². The Hall–Kier alpha value is -2.59. The largest absolute Gasteiger partial charge is 0.384 e. The summed E-state index contributed by atoms with van der Waals surface area (Å²) in [6.45, 7) is 5.76. The summed E-state index contributed by atoms with van der Waals surface area (Å²) in [5, 5.41) is 3.29. The molecule has 2 aliphatic rings. The van der Waals surface area contributed by atoms with Crippen molar-refractivity contribution < 1.29 is 13.5 Å². The van der Waals surface area contributed by atoms with Gasteiger partial charge in [-0.15, -0.1) is 0 Å². The number of aromatic nitrogens is 3. The van der Waals surface area contributed by atoms with Crippen LogP contribution in [-0.4, -0.2) is 67.4 Å². The molecule has 3 N–H and O–H groups in total. The van der Waals surface area contributed by atoms with Crippen LogP contribution in [0, 0.1) is 0 Å². The van der Waals surface area contributed by atoms with Crippen LogP contribution in [0.15, 0.2) is 18.3 Å². The number of nitrogens with one attached hydrogen (secondary N) is 1. The predicted molar refractivity (Wildman–Crippen MR) is 103 cm³/mol. The second-order valence-electron chi connectivity index (χ2n) is 6.74. The number of piperazine rings is 1. The predicted octanol–water partition coefficient (Wildman–Crippen LogP) is 1.30. The molecule has 0 bridgehead atoms. The molecule has 0 unspecified atom stereocenters. The first-order valence-corrected chi connectivity index (χ1v) is 9.33. The van der Waals surface area contributed by atoms with E-state index in [2.05, 4.69) is 25.1 Å². The molecule has 2 fully saturated rings. The number of pyridine rings is 1. The van der Waals surface area contributed by atoms with Gasteiger partial charge in [0.05, 0.1) is 18.9 Å². The molecule has 2 aromatic rings. The summed E-state index contributed by atoms with van der Waals surface area (Å²) in [5.74, 6) is 1.31. The van der Waals surface area contributed by atoms with Crippen molar-refractivity contribution >= 4 is 17.6 Å². The topological polar surface area (TPSA) is 92.4 Å². The van der Waals surface area contributed by atoms with Gasteiger partial charge in [-0.3, -0.25) is 0 Å². The molecule has 10 heteroatoms. The molecule has 2 saturated heterocycles. The number of hydrogen-bond acceptors (Lipinski definition) is 8. The summed E-state index contributed by atoms with van der Waals surface area (Å²) in [6, 6.07) is 2.96. The van der Waals surface area contributed by atoms with E-state index in [9.17, 15) is 8.78 Å². The summed E-state index contributed by atoms with van der Waals surface area (Å²) in [4.78, 5) is 17.5. The number of hydrogen-bond donors (Lipinski definition) is 2. The van der Waals surface area contributed by atoms with E-state index in [0.717, 1.165) is 26.2 Å². The van der Waals surface area contributed by atoms with Crippen LogP contribution in [0.2, 0.25) is 0 Å². The minimum Gasteiger partial charge on any atom is -0.384 e. The zero-order chi connectivity index (χ0) is 19.5. The third kappa shape index (κ3) is 3.97. The third-order valence-electron chi connectivity index (χ3n) is 4.90. The van der Waals surface area contributed by atoms with Gasteiger partial charge in [-0.1, -0.05) is 0 Å². The van der Waals surface area contributed by atoms with E-state index in [4.69, 9.17) is 15.5 Å². The highest BCUT2D eigenvalue weighted by molar-refractivity contribution is 5.69. The van der Waals surface area contributed by atoms with Crippen LogP contribution in [-0.2, 0) is 4.74 Å². The highest BCUT2D eigenvalue weighted by atomic mass is 19.3. The number of ether oxygens (including phenoxy) is 1. The molecule has 0 spiro atoms. The van der Waals surface area contributed by atoms with Crippen molar-refractivity contribution in [3.63, 3.8) is 0 Å². The number of nitrogens with zero attached hydrogens (tertiary/aromatic N) is 5. The van der Waals surface area contributed by atoms with Gasteiger partial charge in [0, 0.05) is 62.7 Å². The average molecular weight is 391 g/mol. The molecule has 28 heavy (non-hydrogen) atoms. The van der Waals surface area contributed by atoms with Gasteiger partial charge in [-0.05, 0) is 6.07 Å². The molecule has 0 amide bonds. The summed E-state index contributed by atoms with van der Waals surface area (Å²) in [5.41, 5.74) is 6.15. The third-order valence-corrected chi connectivity index (χ3v) is 4.90. The van der Waals surface area contributed by atoms with Gasteiger partial charge >= 0.3 is 0 Å². The fraction of sp³-hybridized carbons (Fsp3) is 0.500. The standard InChI is InChI=1S/C18H23F2N7O/c19-17(20)12-9-15(21)23-11-13(12)14-10-16(26-5-7-28-8-6-26)25-18(24-14)27-3-1-22-2-4-27/h9-11,17,22H,1-8H2,(H2,21,23). The molecule has 4 heterocycles. The number of nitrogens with two attached hydrogens (primary N) is 1. The smallest absolute Gasteiger partial charge is 0.264 e. The average Bonchev–Trinajstić information content (AvgIpc) is 2.74. The fourth-order valence-electron chi connectivity index (χ4n) is 3.40. The van der Waals surface area contributed by atoms with Gasteiger partial charge in [0.15, 0.2) is 0 Å². The van der Waals surface area contributed by atoms with E-state index >= 15 is 0 Å². The van der Waals surface area contributed by atoms with E-state index in [-0.39, 0.29) is 16.9 Å². The Morgan fingerprint density at radius 3 is 2.50 bits per heavy atom. The van der Waals surface area contributed by atoms with Crippen molar-refractivity contribution in [3.8, 4) is 11.3 Å². The normalized spacial score (nSPS) is 18.0. The van der Waals surface area contributed by atoms with Crippen LogP contribution in [0.25, 0.3) is 11.3 Å². The van der Waals surface area contributed by atoms with Crippen molar-refractivity contribution in [2.75, 3.05) is 68.0 Å². The summed E-state index contributed by atoms with van der Waals surface area (Å²) in [7, 11) is 0. The zero-order valence-corrected chi connectivity index (χ0v) is 15.4. The lowest BCUT2D eigenvalue weighted by Crippen LogP contribution is -2.44. The molecule has 0 aromatic carbocycles. The Morgan fingerprint density at radius 1 is 1.04 bits per heavy atom. The van der Waals surface area contributed by atoms with Gasteiger partial charge in [0.25, 0.3) is 6.43 Å². The number of alkyl halides is 2. The molecule has 0 radical (unpaired) electrons. The Labute approximate surface area is 161 Å². The van der Waals surface area contributed by atoms with Gasteiger partial charge < -0.3 is 25.6 Å². The van der Waals surface area contributed by atoms with Gasteiger partial charge in [0.2, 0.25) is 5.95 Å². The molecule has 2 aliphatic heterocycles. The van der Waals surface area contributed by atoms with Crippen molar-refractivity contribution in [1.29, 1.82) is 0 Å². The Kier molecular flexibility index (Phi) is 5.49. The first-order valence-electron chi connectivity index (χ1n) is 9.33. The van der Waals surface area contributed by atoms with E-state index < -0.39 is 6.43 Å². The Morgan fingerprint density at radius 2 is 1.79 bits per heavy atom. The molecule has 0 atom stereocenters. The molecule has 4 rings (SSSR count). The van der Waals surface area contributed by atoms with Crippen molar-refractivity contribution in [2.24, 2.45) is 0 Å². The van der Waals surface area contributed by atoms with Crippen molar-refractivity contribution in [1.82, 2.24) is 20.3 Å². The lowest BCUT2D eigenvalue weighted by molar-refractivity contribution is 0.122. The maximum atomic E-state index is 13.6. The second kappa shape index (κ2) is 8.19.